The van der Waals surface area contributed by atoms with Crippen LogP contribution in [0.15, 0.2) is 65.0 Å². The van der Waals surface area contributed by atoms with Gasteiger partial charge in [0.1, 0.15) is 5.76 Å². The van der Waals surface area contributed by atoms with Gasteiger partial charge in [0, 0.05) is 11.6 Å². The van der Waals surface area contributed by atoms with E-state index in [1.54, 1.807) is 37.3 Å². The summed E-state index contributed by atoms with van der Waals surface area (Å²) in [6.45, 7) is 1.54. The minimum Gasteiger partial charge on any atom is -0.457 e. The summed E-state index contributed by atoms with van der Waals surface area (Å²) in [6.07, 6.45) is 2.65. The zero-order valence-corrected chi connectivity index (χ0v) is 10.3. The molecule has 0 unspecified atom stereocenters. The summed E-state index contributed by atoms with van der Waals surface area (Å²) in [5, 5.41) is 0. The zero-order chi connectivity index (χ0) is 13.7. The van der Waals surface area contributed by atoms with Gasteiger partial charge in [0.15, 0.2) is 5.78 Å². The SMILES string of the molecule is CC(=CC(=O)c1ccccc1)OC(=O)c1ccco1. The molecule has 1 heterocycles. The Hall–Kier alpha value is -2.62. The third-order valence-corrected chi connectivity index (χ3v) is 2.37. The Labute approximate surface area is 110 Å². The van der Waals surface area contributed by atoms with Gasteiger partial charge in [-0.15, -0.1) is 0 Å². The molecule has 2 rings (SSSR count). The fraction of sp³-hybridized carbons (Fsp3) is 0.0667. The smallest absolute Gasteiger partial charge is 0.379 e. The molecule has 0 aliphatic carbocycles. The van der Waals surface area contributed by atoms with Gasteiger partial charge in [0.2, 0.25) is 5.76 Å². The second-order valence-electron chi connectivity index (χ2n) is 3.85. The largest absolute Gasteiger partial charge is 0.457 e. The number of hydrogen-bond donors (Lipinski definition) is 0. The summed E-state index contributed by atoms with van der Waals surface area (Å²) >= 11 is 0. The molecule has 2 aromatic rings. The molecule has 4 heteroatoms. The van der Waals surface area contributed by atoms with Crippen molar-refractivity contribution in [3.63, 3.8) is 0 Å². The van der Waals surface area contributed by atoms with Crippen LogP contribution in [0.2, 0.25) is 0 Å². The van der Waals surface area contributed by atoms with Crippen LogP contribution in [0.1, 0.15) is 27.8 Å². The van der Waals surface area contributed by atoms with Gasteiger partial charge in [-0.25, -0.2) is 4.79 Å². The van der Waals surface area contributed by atoms with Gasteiger partial charge in [-0.2, -0.15) is 0 Å². The number of furan rings is 1. The first-order valence-electron chi connectivity index (χ1n) is 5.70. The van der Waals surface area contributed by atoms with E-state index in [0.717, 1.165) is 0 Å². The fourth-order valence-corrected chi connectivity index (χ4v) is 1.49. The molecule has 0 spiro atoms. The Kier molecular flexibility index (Phi) is 3.93. The molecule has 0 N–H and O–H groups in total. The first-order valence-corrected chi connectivity index (χ1v) is 5.70. The van der Waals surface area contributed by atoms with Gasteiger partial charge >= 0.3 is 5.97 Å². The van der Waals surface area contributed by atoms with Crippen molar-refractivity contribution < 1.29 is 18.7 Å². The first-order chi connectivity index (χ1) is 9.16. The summed E-state index contributed by atoms with van der Waals surface area (Å²) in [5.41, 5.74) is 0.538. The zero-order valence-electron chi connectivity index (χ0n) is 10.3. The number of benzene rings is 1. The normalized spacial score (nSPS) is 11.1. The van der Waals surface area contributed by atoms with Crippen molar-refractivity contribution in [1.82, 2.24) is 0 Å². The average molecular weight is 256 g/mol. The molecule has 19 heavy (non-hydrogen) atoms. The maximum absolute atomic E-state index is 11.8. The molecule has 0 saturated heterocycles. The lowest BCUT2D eigenvalue weighted by molar-refractivity contribution is 0.0590. The molecule has 0 bridgehead atoms. The van der Waals surface area contributed by atoms with Gasteiger partial charge in [-0.3, -0.25) is 4.79 Å². The van der Waals surface area contributed by atoms with Crippen LogP contribution in [-0.4, -0.2) is 11.8 Å². The predicted molar refractivity (Wildman–Crippen MR) is 68.7 cm³/mol. The predicted octanol–water partition coefficient (Wildman–Crippen LogP) is 3.22. The van der Waals surface area contributed by atoms with E-state index in [4.69, 9.17) is 9.15 Å². The van der Waals surface area contributed by atoms with E-state index in [9.17, 15) is 9.59 Å². The number of allylic oxidation sites excluding steroid dienone is 2. The Balaban J connectivity index is 2.04. The Morgan fingerprint density at radius 2 is 1.84 bits per heavy atom. The highest BCUT2D eigenvalue weighted by Gasteiger charge is 2.11. The number of ketones is 1. The van der Waals surface area contributed by atoms with Crippen molar-refractivity contribution in [3.05, 3.63) is 71.9 Å². The summed E-state index contributed by atoms with van der Waals surface area (Å²) in [5.74, 6) is -0.528. The Morgan fingerprint density at radius 3 is 2.47 bits per heavy atom. The third-order valence-electron chi connectivity index (χ3n) is 2.37. The van der Waals surface area contributed by atoms with Crippen LogP contribution in [0.4, 0.5) is 0 Å². The summed E-state index contributed by atoms with van der Waals surface area (Å²) in [6, 6.07) is 11.8. The number of esters is 1. The molecule has 0 amide bonds. The number of carbonyl (C=O) groups is 2. The standard InChI is InChI=1S/C15H12O4/c1-11(19-15(17)14-8-5-9-18-14)10-13(16)12-6-3-2-4-7-12/h2-10H,1H3. The van der Waals surface area contributed by atoms with Crippen molar-refractivity contribution in [3.8, 4) is 0 Å². The second kappa shape index (κ2) is 5.82. The molecule has 0 atom stereocenters. The number of carbonyl (C=O) groups excluding carboxylic acids is 2. The fourth-order valence-electron chi connectivity index (χ4n) is 1.49. The van der Waals surface area contributed by atoms with Crippen LogP contribution in [0.3, 0.4) is 0 Å². The van der Waals surface area contributed by atoms with Crippen molar-refractivity contribution in [2.75, 3.05) is 0 Å². The van der Waals surface area contributed by atoms with Crippen LogP contribution >= 0.6 is 0 Å². The minimum atomic E-state index is -0.625. The molecule has 0 saturated carbocycles. The molecular formula is C15H12O4. The van der Waals surface area contributed by atoms with Crippen molar-refractivity contribution in [2.45, 2.75) is 6.92 Å². The first kappa shape index (κ1) is 12.8. The number of hydrogen-bond acceptors (Lipinski definition) is 4. The summed E-state index contributed by atoms with van der Waals surface area (Å²) < 4.78 is 9.89. The topological polar surface area (TPSA) is 56.5 Å². The molecule has 0 fully saturated rings. The summed E-state index contributed by atoms with van der Waals surface area (Å²) in [4.78, 5) is 23.4. The van der Waals surface area contributed by atoms with Crippen LogP contribution < -0.4 is 0 Å². The average Bonchev–Trinajstić information content (AvgIpc) is 2.93. The van der Waals surface area contributed by atoms with Gasteiger partial charge in [0.05, 0.1) is 6.26 Å². The number of rotatable bonds is 4. The highest BCUT2D eigenvalue weighted by Crippen LogP contribution is 2.08. The van der Waals surface area contributed by atoms with E-state index < -0.39 is 5.97 Å². The van der Waals surface area contributed by atoms with E-state index in [1.807, 2.05) is 6.07 Å². The van der Waals surface area contributed by atoms with E-state index >= 15 is 0 Å². The lowest BCUT2D eigenvalue weighted by Crippen LogP contribution is -2.04. The van der Waals surface area contributed by atoms with E-state index in [-0.39, 0.29) is 17.3 Å². The molecule has 4 nitrogen and oxygen atoms in total. The quantitative estimate of drug-likeness (QED) is 0.365. The molecule has 0 aliphatic rings. The van der Waals surface area contributed by atoms with Crippen LogP contribution in [0.25, 0.3) is 0 Å². The van der Waals surface area contributed by atoms with Gasteiger partial charge in [-0.1, -0.05) is 30.3 Å². The van der Waals surface area contributed by atoms with Gasteiger partial charge in [0.25, 0.3) is 0 Å². The lowest BCUT2D eigenvalue weighted by atomic mass is 10.1. The molecule has 1 aromatic heterocycles. The maximum Gasteiger partial charge on any atom is 0.379 e. The molecule has 1 aromatic carbocycles. The molecule has 0 aliphatic heterocycles. The highest BCUT2D eigenvalue weighted by molar-refractivity contribution is 6.04. The van der Waals surface area contributed by atoms with E-state index in [1.165, 1.54) is 18.4 Å². The van der Waals surface area contributed by atoms with E-state index in [0.29, 0.717) is 5.56 Å². The van der Waals surface area contributed by atoms with Crippen molar-refractivity contribution >= 4 is 11.8 Å². The summed E-state index contributed by atoms with van der Waals surface area (Å²) in [7, 11) is 0. The minimum absolute atomic E-state index is 0.0971. The van der Waals surface area contributed by atoms with Crippen LogP contribution in [0.5, 0.6) is 0 Å². The Bertz CT molecular complexity index is 594. The maximum atomic E-state index is 11.8. The van der Waals surface area contributed by atoms with Crippen LogP contribution in [-0.2, 0) is 4.74 Å². The van der Waals surface area contributed by atoms with Crippen molar-refractivity contribution in [1.29, 1.82) is 0 Å². The van der Waals surface area contributed by atoms with Crippen molar-refractivity contribution in [2.24, 2.45) is 0 Å². The van der Waals surface area contributed by atoms with Gasteiger partial charge < -0.3 is 9.15 Å². The highest BCUT2D eigenvalue weighted by atomic mass is 16.5. The monoisotopic (exact) mass is 256 g/mol. The number of ether oxygens (including phenoxy) is 1. The molecule has 0 radical (unpaired) electrons. The van der Waals surface area contributed by atoms with Gasteiger partial charge in [-0.05, 0) is 19.1 Å². The molecule has 96 valence electrons. The third kappa shape index (κ3) is 3.42. The Morgan fingerprint density at radius 1 is 1.11 bits per heavy atom. The molecular weight excluding hydrogens is 244 g/mol. The van der Waals surface area contributed by atoms with E-state index in [2.05, 4.69) is 0 Å². The lowest BCUT2D eigenvalue weighted by Gasteiger charge is -2.02. The second-order valence-corrected chi connectivity index (χ2v) is 3.85. The van der Waals surface area contributed by atoms with Crippen LogP contribution in [0, 0.1) is 0 Å².